The molecule has 0 aliphatic heterocycles. The Balaban J connectivity index is 0.000000157. The van der Waals surface area contributed by atoms with Crippen LogP contribution in [0.25, 0.3) is 10.8 Å². The quantitative estimate of drug-likeness (QED) is 0.528. The molecule has 0 heterocycles. The summed E-state index contributed by atoms with van der Waals surface area (Å²) in [4.78, 5) is 22.2. The summed E-state index contributed by atoms with van der Waals surface area (Å²) in [5.74, 6) is 3.13. The van der Waals surface area contributed by atoms with E-state index in [9.17, 15) is 14.7 Å². The van der Waals surface area contributed by atoms with Gasteiger partial charge in [0.1, 0.15) is 11.5 Å². The number of Topliss-reactive ketones (excluding diaryl/α,β-unsaturated/α-hetero) is 1. The molecule has 2 aromatic rings. The predicted octanol–water partition coefficient (Wildman–Crippen LogP) is 6.26. The Hall–Kier alpha value is -2.40. The summed E-state index contributed by atoms with van der Waals surface area (Å²) in [5.41, 5.74) is 0.598. The standard InChI is InChI=1S/C19H30O2.C12H10O3/c1-18-9-7-13(20)11-12(18)3-4-14-15-5-6-17(21)19(15,2)10-8-16(14)18;13-12(14)8-15-11-6-5-9-3-1-2-4-10(9)7-11/h12,14-17,21H,3-11H2,1-2H3;1-7H,8H2,(H,13,14)/t12-,14-,15-,16-,17-,18-,19-;/m0./s1. The first-order valence-corrected chi connectivity index (χ1v) is 13.7. The van der Waals surface area contributed by atoms with Crippen molar-refractivity contribution in [1.29, 1.82) is 0 Å². The summed E-state index contributed by atoms with van der Waals surface area (Å²) in [7, 11) is 0. The molecular formula is C31H40O5. The van der Waals surface area contributed by atoms with Crippen LogP contribution in [0, 0.1) is 34.5 Å². The lowest BCUT2D eigenvalue weighted by Crippen LogP contribution is -2.54. The highest BCUT2D eigenvalue weighted by Crippen LogP contribution is 2.65. The van der Waals surface area contributed by atoms with Crippen molar-refractivity contribution in [2.24, 2.45) is 34.5 Å². The van der Waals surface area contributed by atoms with E-state index in [1.807, 2.05) is 36.4 Å². The SMILES string of the molecule is C[C@]12CCC(=O)C[C@@H]1CC[C@@H]1[C@@H]2CC[C@]2(C)[C@@H](O)CC[C@@H]12.O=C(O)COc1ccc2ccccc2c1. The third kappa shape index (κ3) is 4.55. The van der Waals surface area contributed by atoms with E-state index < -0.39 is 5.97 Å². The van der Waals surface area contributed by atoms with E-state index in [-0.39, 0.29) is 18.1 Å². The number of fused-ring (bicyclic) bond motifs is 6. The van der Waals surface area contributed by atoms with Gasteiger partial charge in [0.05, 0.1) is 6.10 Å². The molecule has 0 bridgehead atoms. The Morgan fingerprint density at radius 3 is 2.47 bits per heavy atom. The molecule has 0 unspecified atom stereocenters. The first kappa shape index (κ1) is 25.3. The van der Waals surface area contributed by atoms with E-state index in [1.54, 1.807) is 6.07 Å². The Morgan fingerprint density at radius 2 is 1.69 bits per heavy atom. The number of hydrogen-bond donors (Lipinski definition) is 2. The van der Waals surface area contributed by atoms with E-state index in [2.05, 4.69) is 13.8 Å². The fourth-order valence-electron chi connectivity index (χ4n) is 8.42. The molecule has 194 valence electrons. The molecule has 4 saturated carbocycles. The van der Waals surface area contributed by atoms with Crippen LogP contribution in [0.1, 0.15) is 71.6 Å². The van der Waals surface area contributed by atoms with Gasteiger partial charge < -0.3 is 14.9 Å². The van der Waals surface area contributed by atoms with Crippen molar-refractivity contribution >= 4 is 22.5 Å². The first-order chi connectivity index (χ1) is 17.2. The lowest BCUT2D eigenvalue weighted by atomic mass is 9.45. The minimum absolute atomic E-state index is 0.0677. The third-order valence-corrected chi connectivity index (χ3v) is 10.5. The van der Waals surface area contributed by atoms with Crippen LogP contribution < -0.4 is 4.74 Å². The lowest BCUT2D eigenvalue weighted by Gasteiger charge is -2.60. The van der Waals surface area contributed by atoms with Gasteiger partial charge in [0, 0.05) is 12.8 Å². The highest BCUT2D eigenvalue weighted by Gasteiger charge is 2.59. The van der Waals surface area contributed by atoms with Gasteiger partial charge in [-0.2, -0.15) is 0 Å². The number of ether oxygens (including phenoxy) is 1. The second kappa shape index (κ2) is 9.81. The van der Waals surface area contributed by atoms with Crippen molar-refractivity contribution in [1.82, 2.24) is 0 Å². The smallest absolute Gasteiger partial charge is 0.341 e. The second-order valence-corrected chi connectivity index (χ2v) is 12.2. The molecule has 7 atom stereocenters. The van der Waals surface area contributed by atoms with E-state index in [1.165, 1.54) is 32.1 Å². The molecule has 5 nitrogen and oxygen atoms in total. The summed E-state index contributed by atoms with van der Waals surface area (Å²) in [6, 6.07) is 13.4. The van der Waals surface area contributed by atoms with Crippen molar-refractivity contribution in [2.45, 2.75) is 77.7 Å². The van der Waals surface area contributed by atoms with Crippen LogP contribution in [-0.2, 0) is 9.59 Å². The third-order valence-electron chi connectivity index (χ3n) is 10.5. The van der Waals surface area contributed by atoms with Crippen LogP contribution in [0.15, 0.2) is 42.5 Å². The van der Waals surface area contributed by atoms with E-state index in [0.29, 0.717) is 22.9 Å². The molecule has 2 aromatic carbocycles. The normalized spacial score (nSPS) is 37.2. The Bertz CT molecular complexity index is 1130. The number of ketones is 1. The Labute approximate surface area is 214 Å². The van der Waals surface area contributed by atoms with Crippen molar-refractivity contribution < 1.29 is 24.5 Å². The van der Waals surface area contributed by atoms with Crippen molar-refractivity contribution in [3.8, 4) is 5.75 Å². The van der Waals surface area contributed by atoms with Crippen LogP contribution >= 0.6 is 0 Å². The molecule has 0 radical (unpaired) electrons. The van der Waals surface area contributed by atoms with Gasteiger partial charge in [-0.05, 0) is 102 Å². The number of carboxylic acid groups (broad SMARTS) is 1. The molecule has 0 amide bonds. The number of hydrogen-bond acceptors (Lipinski definition) is 4. The minimum Gasteiger partial charge on any atom is -0.482 e. The fraction of sp³-hybridized carbons (Fsp3) is 0.613. The van der Waals surface area contributed by atoms with Crippen molar-refractivity contribution in [2.75, 3.05) is 6.61 Å². The van der Waals surface area contributed by atoms with E-state index >= 15 is 0 Å². The summed E-state index contributed by atoms with van der Waals surface area (Å²) < 4.78 is 5.08. The number of benzene rings is 2. The highest BCUT2D eigenvalue weighted by molar-refractivity contribution is 5.83. The molecule has 4 fully saturated rings. The van der Waals surface area contributed by atoms with Gasteiger partial charge in [-0.1, -0.05) is 44.2 Å². The zero-order valence-corrected chi connectivity index (χ0v) is 21.6. The minimum atomic E-state index is -0.969. The number of aliphatic hydroxyl groups is 1. The van der Waals surface area contributed by atoms with Gasteiger partial charge in [0.2, 0.25) is 0 Å². The lowest BCUT2D eigenvalue weighted by molar-refractivity contribution is -0.142. The molecule has 4 aliphatic carbocycles. The van der Waals surface area contributed by atoms with Crippen LogP contribution in [-0.4, -0.2) is 34.7 Å². The largest absolute Gasteiger partial charge is 0.482 e. The Kier molecular flexibility index (Phi) is 6.88. The van der Waals surface area contributed by atoms with Gasteiger partial charge in [-0.3, -0.25) is 4.79 Å². The second-order valence-electron chi connectivity index (χ2n) is 12.2. The summed E-state index contributed by atoms with van der Waals surface area (Å²) in [5, 5.41) is 21.1. The maximum atomic E-state index is 11.9. The number of carbonyl (C=O) groups is 2. The maximum Gasteiger partial charge on any atom is 0.341 e. The first-order valence-electron chi connectivity index (χ1n) is 13.7. The van der Waals surface area contributed by atoms with Crippen LogP contribution in [0.2, 0.25) is 0 Å². The number of aliphatic carboxylic acids is 1. The summed E-state index contributed by atoms with van der Waals surface area (Å²) >= 11 is 0. The van der Waals surface area contributed by atoms with E-state index in [0.717, 1.165) is 54.2 Å². The topological polar surface area (TPSA) is 83.8 Å². The van der Waals surface area contributed by atoms with Gasteiger partial charge in [-0.15, -0.1) is 0 Å². The molecule has 36 heavy (non-hydrogen) atoms. The summed E-state index contributed by atoms with van der Waals surface area (Å²) in [6.07, 6.45) is 10.0. The molecule has 5 heteroatoms. The average molecular weight is 493 g/mol. The van der Waals surface area contributed by atoms with Gasteiger partial charge in [0.15, 0.2) is 6.61 Å². The van der Waals surface area contributed by atoms with Gasteiger partial charge in [-0.25, -0.2) is 4.79 Å². The van der Waals surface area contributed by atoms with E-state index in [4.69, 9.17) is 9.84 Å². The fourth-order valence-corrected chi connectivity index (χ4v) is 8.42. The van der Waals surface area contributed by atoms with Crippen molar-refractivity contribution in [3.63, 3.8) is 0 Å². The van der Waals surface area contributed by atoms with Crippen LogP contribution in [0.4, 0.5) is 0 Å². The highest BCUT2D eigenvalue weighted by atomic mass is 16.5. The molecule has 2 N–H and O–H groups in total. The predicted molar refractivity (Wildman–Crippen MR) is 140 cm³/mol. The number of carbonyl (C=O) groups excluding carboxylic acids is 1. The molecule has 6 rings (SSSR count). The van der Waals surface area contributed by atoms with Gasteiger partial charge in [0.25, 0.3) is 0 Å². The molecular weight excluding hydrogens is 452 g/mol. The number of carboxylic acids is 1. The van der Waals surface area contributed by atoms with Crippen molar-refractivity contribution in [3.05, 3.63) is 42.5 Å². The molecule has 0 aromatic heterocycles. The van der Waals surface area contributed by atoms with Crippen LogP contribution in [0.3, 0.4) is 0 Å². The zero-order chi connectivity index (χ0) is 25.5. The number of rotatable bonds is 3. The molecule has 4 aliphatic rings. The van der Waals surface area contributed by atoms with Crippen LogP contribution in [0.5, 0.6) is 5.75 Å². The van der Waals surface area contributed by atoms with Gasteiger partial charge >= 0.3 is 5.97 Å². The molecule has 0 saturated heterocycles. The monoisotopic (exact) mass is 492 g/mol. The maximum absolute atomic E-state index is 11.9. The number of aliphatic hydroxyl groups excluding tert-OH is 1. The zero-order valence-electron chi connectivity index (χ0n) is 21.6. The molecule has 0 spiro atoms. The average Bonchev–Trinajstić information content (AvgIpc) is 3.18. The Morgan fingerprint density at radius 1 is 0.944 bits per heavy atom. The summed E-state index contributed by atoms with van der Waals surface area (Å²) in [6.45, 7) is 4.54.